The van der Waals surface area contributed by atoms with E-state index in [9.17, 15) is 0 Å². The molecule has 0 saturated carbocycles. The van der Waals surface area contributed by atoms with Crippen LogP contribution < -0.4 is 9.13 Å². The molecular weight excluding hydrogens is 360 g/mol. The summed E-state index contributed by atoms with van der Waals surface area (Å²) in [7, 11) is 4.10. The van der Waals surface area contributed by atoms with E-state index in [1.807, 2.05) is 24.8 Å². The van der Waals surface area contributed by atoms with Crippen molar-refractivity contribution in [2.75, 3.05) is 0 Å². The molecule has 2 aromatic heterocycles. The first-order chi connectivity index (χ1) is 8.59. The Bertz CT molecular complexity index is 459. The Morgan fingerprint density at radius 1 is 0.944 bits per heavy atom. The van der Waals surface area contributed by atoms with Gasteiger partial charge < -0.3 is 0 Å². The van der Waals surface area contributed by atoms with Crippen LogP contribution in [0.1, 0.15) is 34.1 Å². The van der Waals surface area contributed by atoms with Crippen LogP contribution in [-0.2, 0) is 14.1 Å². The second-order valence-electron chi connectivity index (χ2n) is 4.42. The Morgan fingerprint density at radius 3 is 1.61 bits per heavy atom. The highest BCUT2D eigenvalue weighted by atomic mass is 79.9. The van der Waals surface area contributed by atoms with Gasteiger partial charge >= 0.3 is 0 Å². The predicted molar refractivity (Wildman–Crippen MR) is 76.5 cm³/mol. The lowest BCUT2D eigenvalue weighted by molar-refractivity contribution is -0.678. The van der Waals surface area contributed by atoms with Crippen LogP contribution in [0, 0.1) is 0 Å². The number of hydrogen-bond acceptors (Lipinski definition) is 0. The third-order valence-corrected chi connectivity index (χ3v) is 4.87. The molecule has 2 heterocycles. The molecule has 2 atom stereocenters. The Kier molecular flexibility index (Phi) is 4.61. The van der Waals surface area contributed by atoms with Gasteiger partial charge in [0.15, 0.2) is 0 Å². The van der Waals surface area contributed by atoms with Gasteiger partial charge in [-0.1, -0.05) is 31.9 Å². The molecule has 2 rings (SSSR count). The van der Waals surface area contributed by atoms with Crippen molar-refractivity contribution in [3.05, 3.63) is 36.4 Å². The van der Waals surface area contributed by atoms with Crippen molar-refractivity contribution in [2.24, 2.45) is 14.1 Å². The van der Waals surface area contributed by atoms with Crippen molar-refractivity contribution in [3.63, 3.8) is 0 Å². The number of halogens is 2. The molecule has 0 radical (unpaired) electrons. The zero-order valence-electron chi connectivity index (χ0n) is 10.5. The van der Waals surface area contributed by atoms with E-state index < -0.39 is 0 Å². The fraction of sp³-hybridized carbons (Fsp3) is 0.500. The van der Waals surface area contributed by atoms with Gasteiger partial charge in [0.1, 0.15) is 34.4 Å². The number of nitrogens with one attached hydrogen (secondary N) is 2. The van der Waals surface area contributed by atoms with Gasteiger partial charge in [-0.25, -0.2) is 19.1 Å². The number of aromatic nitrogens is 4. The molecule has 0 bridgehead atoms. The molecule has 0 aromatic carbocycles. The van der Waals surface area contributed by atoms with Crippen LogP contribution in [0.15, 0.2) is 24.8 Å². The third-order valence-electron chi connectivity index (χ3n) is 3.09. The molecule has 0 aliphatic carbocycles. The van der Waals surface area contributed by atoms with Crippen LogP contribution in [0.5, 0.6) is 0 Å². The Hall–Kier alpha value is -0.620. The monoisotopic (exact) mass is 376 g/mol. The van der Waals surface area contributed by atoms with Gasteiger partial charge in [-0.3, -0.25) is 0 Å². The topological polar surface area (TPSA) is 39.3 Å². The standard InChI is InChI=1S/C12H16Br2N4/c1-17-7-5-15-11(17)9(13)3-4-10(14)12-16-6-8-18(12)2/h5-10H,3-4H2,1-2H3/p+2. The van der Waals surface area contributed by atoms with Gasteiger partial charge in [-0.2, -0.15) is 0 Å². The molecule has 4 nitrogen and oxygen atoms in total. The number of H-pyrrole nitrogens is 2. The SMILES string of the molecule is C[n+]1cc[nH]c1C(Br)CCC(Br)c1[nH]cc[n+]1C. The van der Waals surface area contributed by atoms with E-state index in [-0.39, 0.29) is 0 Å². The molecule has 0 fully saturated rings. The van der Waals surface area contributed by atoms with Gasteiger partial charge in [-0.05, 0) is 12.8 Å². The highest BCUT2D eigenvalue weighted by Crippen LogP contribution is 2.31. The maximum Gasteiger partial charge on any atom is 0.267 e. The molecule has 2 aromatic rings. The second kappa shape index (κ2) is 6.02. The highest BCUT2D eigenvalue weighted by Gasteiger charge is 2.23. The van der Waals surface area contributed by atoms with Crippen molar-refractivity contribution in [3.8, 4) is 0 Å². The molecule has 0 saturated heterocycles. The van der Waals surface area contributed by atoms with Crippen molar-refractivity contribution >= 4 is 31.9 Å². The average Bonchev–Trinajstić information content (AvgIpc) is 2.94. The summed E-state index contributed by atoms with van der Waals surface area (Å²) in [5, 5.41) is 0. The largest absolute Gasteiger partial charge is 0.267 e. The Labute approximate surface area is 124 Å². The molecular formula is C12H18Br2N4+2. The second-order valence-corrected chi connectivity index (χ2v) is 6.64. The van der Waals surface area contributed by atoms with Gasteiger partial charge in [-0.15, -0.1) is 0 Å². The Morgan fingerprint density at radius 2 is 1.33 bits per heavy atom. The summed E-state index contributed by atoms with van der Waals surface area (Å²) in [6.45, 7) is 0. The third kappa shape index (κ3) is 3.03. The molecule has 98 valence electrons. The normalized spacial score (nSPS) is 14.7. The van der Waals surface area contributed by atoms with Crippen molar-refractivity contribution in [2.45, 2.75) is 22.5 Å². The van der Waals surface area contributed by atoms with E-state index in [4.69, 9.17) is 0 Å². The van der Waals surface area contributed by atoms with Crippen LogP contribution in [0.4, 0.5) is 0 Å². The van der Waals surface area contributed by atoms with E-state index in [0.717, 1.165) is 12.8 Å². The lowest BCUT2D eigenvalue weighted by atomic mass is 10.2. The van der Waals surface area contributed by atoms with Crippen LogP contribution in [-0.4, -0.2) is 9.97 Å². The van der Waals surface area contributed by atoms with E-state index in [1.54, 1.807) is 0 Å². The minimum absolute atomic E-state index is 0.345. The van der Waals surface area contributed by atoms with Gasteiger partial charge in [0.05, 0.1) is 14.1 Å². The summed E-state index contributed by atoms with van der Waals surface area (Å²) < 4.78 is 4.22. The smallest absolute Gasteiger partial charge is 0.247 e. The number of nitrogens with zero attached hydrogens (tertiary/aromatic N) is 2. The van der Waals surface area contributed by atoms with Crippen molar-refractivity contribution in [1.29, 1.82) is 0 Å². The van der Waals surface area contributed by atoms with E-state index in [1.165, 1.54) is 11.6 Å². The summed E-state index contributed by atoms with van der Waals surface area (Å²) in [6, 6.07) is 0. The highest BCUT2D eigenvalue weighted by molar-refractivity contribution is 9.09. The molecule has 0 spiro atoms. The quantitative estimate of drug-likeness (QED) is 0.593. The first kappa shape index (κ1) is 13.8. The van der Waals surface area contributed by atoms with Crippen molar-refractivity contribution in [1.82, 2.24) is 9.97 Å². The zero-order valence-corrected chi connectivity index (χ0v) is 13.7. The molecule has 2 unspecified atom stereocenters. The number of aryl methyl sites for hydroxylation is 2. The Balaban J connectivity index is 1.92. The van der Waals surface area contributed by atoms with Crippen LogP contribution in [0.3, 0.4) is 0 Å². The average molecular weight is 378 g/mol. The maximum absolute atomic E-state index is 3.74. The van der Waals surface area contributed by atoms with Gasteiger partial charge in [0.2, 0.25) is 0 Å². The van der Waals surface area contributed by atoms with E-state index in [0.29, 0.717) is 9.65 Å². The minimum Gasteiger partial charge on any atom is -0.247 e. The van der Waals surface area contributed by atoms with Gasteiger partial charge in [0.25, 0.3) is 11.6 Å². The lowest BCUT2D eigenvalue weighted by Gasteiger charge is -2.08. The number of imidazole rings is 2. The maximum atomic E-state index is 3.74. The fourth-order valence-electron chi connectivity index (χ4n) is 2.02. The number of aromatic amines is 2. The predicted octanol–water partition coefficient (Wildman–Crippen LogP) is 2.34. The molecule has 0 amide bonds. The number of hydrogen-bond donors (Lipinski definition) is 2. The van der Waals surface area contributed by atoms with Crippen LogP contribution in [0.25, 0.3) is 0 Å². The van der Waals surface area contributed by atoms with Gasteiger partial charge in [0, 0.05) is 0 Å². The molecule has 18 heavy (non-hydrogen) atoms. The van der Waals surface area contributed by atoms with Crippen molar-refractivity contribution < 1.29 is 9.13 Å². The summed E-state index contributed by atoms with van der Waals surface area (Å²) >= 11 is 7.47. The summed E-state index contributed by atoms with van der Waals surface area (Å²) in [5.41, 5.74) is 0. The zero-order chi connectivity index (χ0) is 13.1. The molecule has 0 aliphatic rings. The summed E-state index contributed by atoms with van der Waals surface area (Å²) in [5.74, 6) is 2.40. The molecule has 0 aliphatic heterocycles. The first-order valence-corrected chi connectivity index (χ1v) is 7.76. The minimum atomic E-state index is 0.345. The van der Waals surface area contributed by atoms with Crippen LogP contribution >= 0.6 is 31.9 Å². The lowest BCUT2D eigenvalue weighted by Crippen LogP contribution is -2.32. The first-order valence-electron chi connectivity index (χ1n) is 5.93. The number of rotatable bonds is 5. The molecule has 6 heteroatoms. The fourth-order valence-corrected chi connectivity index (χ4v) is 3.46. The number of alkyl halides is 2. The summed E-state index contributed by atoms with van der Waals surface area (Å²) in [4.78, 5) is 7.22. The summed E-state index contributed by atoms with van der Waals surface area (Å²) in [6.07, 6.45) is 10.1. The van der Waals surface area contributed by atoms with E-state index in [2.05, 4.69) is 65.1 Å². The van der Waals surface area contributed by atoms with Crippen LogP contribution in [0.2, 0.25) is 0 Å². The molecule has 2 N–H and O–H groups in total. The van der Waals surface area contributed by atoms with E-state index >= 15 is 0 Å².